The number of thiocarbonyl (C=S) groups is 1. The summed E-state index contributed by atoms with van der Waals surface area (Å²) in [5.41, 5.74) is 0. The van der Waals surface area contributed by atoms with E-state index in [1.807, 2.05) is 0 Å². The molecule has 0 atom stereocenters. The molecule has 2 N–H and O–H groups in total. The van der Waals surface area contributed by atoms with Crippen LogP contribution in [-0.4, -0.2) is 43.2 Å². The van der Waals surface area contributed by atoms with Gasteiger partial charge in [-0.15, -0.1) is 0 Å². The summed E-state index contributed by atoms with van der Waals surface area (Å²) >= 11 is 5.11. The highest BCUT2D eigenvalue weighted by molar-refractivity contribution is 7.80. The topological polar surface area (TPSA) is 27.3 Å². The molecule has 0 heterocycles. The fourth-order valence-corrected chi connectivity index (χ4v) is 1.33. The fourth-order valence-electron chi connectivity index (χ4n) is 1.06. The van der Waals surface area contributed by atoms with E-state index in [0.29, 0.717) is 6.04 Å². The van der Waals surface area contributed by atoms with Crippen LogP contribution in [0.15, 0.2) is 0 Å². The van der Waals surface area contributed by atoms with E-state index in [1.54, 1.807) is 0 Å². The lowest BCUT2D eigenvalue weighted by Gasteiger charge is -2.11. The Hall–Kier alpha value is -0.350. The Bertz CT molecular complexity index is 166. The third-order valence-corrected chi connectivity index (χ3v) is 2.24. The summed E-state index contributed by atoms with van der Waals surface area (Å²) in [6.07, 6.45) is 3.69. The molecule has 4 heteroatoms. The average Bonchev–Trinajstić information content (AvgIpc) is 2.81. The van der Waals surface area contributed by atoms with E-state index in [0.717, 1.165) is 24.6 Å². The van der Waals surface area contributed by atoms with Crippen LogP contribution in [0.5, 0.6) is 0 Å². The van der Waals surface area contributed by atoms with E-state index in [4.69, 9.17) is 12.2 Å². The lowest BCUT2D eigenvalue weighted by atomic mass is 10.4. The molecule has 0 bridgehead atoms. The molecule has 1 rings (SSSR count). The van der Waals surface area contributed by atoms with Gasteiger partial charge >= 0.3 is 0 Å². The highest BCUT2D eigenvalue weighted by Crippen LogP contribution is 2.18. The molecule has 0 radical (unpaired) electrons. The average molecular weight is 201 g/mol. The van der Waals surface area contributed by atoms with Crippen molar-refractivity contribution < 1.29 is 0 Å². The van der Waals surface area contributed by atoms with Gasteiger partial charge < -0.3 is 15.5 Å². The number of hydrogen-bond acceptors (Lipinski definition) is 2. The molecule has 0 aliphatic heterocycles. The molecule has 0 aromatic carbocycles. The largest absolute Gasteiger partial charge is 0.363 e. The van der Waals surface area contributed by atoms with Gasteiger partial charge in [-0.2, -0.15) is 0 Å². The monoisotopic (exact) mass is 201 g/mol. The third kappa shape index (κ3) is 5.82. The Morgan fingerprint density at radius 2 is 2.15 bits per heavy atom. The highest BCUT2D eigenvalue weighted by atomic mass is 32.1. The summed E-state index contributed by atoms with van der Waals surface area (Å²) in [7, 11) is 4.17. The molecule has 0 aromatic rings. The van der Waals surface area contributed by atoms with E-state index in [2.05, 4.69) is 29.6 Å². The molecule has 0 amide bonds. The number of nitrogens with one attached hydrogen (secondary N) is 2. The summed E-state index contributed by atoms with van der Waals surface area (Å²) < 4.78 is 0. The SMILES string of the molecule is CN(C)CCCNC(=S)NC1CC1. The van der Waals surface area contributed by atoms with Crippen LogP contribution in [0, 0.1) is 0 Å². The minimum absolute atomic E-state index is 0.661. The molecule has 1 fully saturated rings. The van der Waals surface area contributed by atoms with Gasteiger partial charge in [0.2, 0.25) is 0 Å². The van der Waals surface area contributed by atoms with Crippen molar-refractivity contribution >= 4 is 17.3 Å². The first-order valence-electron chi connectivity index (χ1n) is 4.87. The van der Waals surface area contributed by atoms with Crippen molar-refractivity contribution in [2.75, 3.05) is 27.2 Å². The Labute approximate surface area is 85.9 Å². The smallest absolute Gasteiger partial charge is 0.166 e. The molecule has 1 aliphatic rings. The zero-order valence-electron chi connectivity index (χ0n) is 8.47. The van der Waals surface area contributed by atoms with Crippen LogP contribution < -0.4 is 10.6 Å². The van der Waals surface area contributed by atoms with E-state index >= 15 is 0 Å². The van der Waals surface area contributed by atoms with Crippen molar-refractivity contribution in [3.63, 3.8) is 0 Å². The van der Waals surface area contributed by atoms with Gasteiger partial charge in [-0.05, 0) is 52.1 Å². The molecule has 1 saturated carbocycles. The van der Waals surface area contributed by atoms with E-state index in [1.165, 1.54) is 12.8 Å². The second-order valence-electron chi connectivity index (χ2n) is 3.83. The quantitative estimate of drug-likeness (QED) is 0.502. The van der Waals surface area contributed by atoms with Crippen LogP contribution in [0.4, 0.5) is 0 Å². The molecular formula is C9H19N3S. The van der Waals surface area contributed by atoms with Crippen LogP contribution in [-0.2, 0) is 0 Å². The number of hydrogen-bond donors (Lipinski definition) is 2. The van der Waals surface area contributed by atoms with E-state index < -0.39 is 0 Å². The summed E-state index contributed by atoms with van der Waals surface area (Å²) in [5.74, 6) is 0. The van der Waals surface area contributed by atoms with Crippen molar-refractivity contribution in [2.45, 2.75) is 25.3 Å². The molecule has 0 spiro atoms. The summed E-state index contributed by atoms with van der Waals surface area (Å²) in [6, 6.07) is 0.661. The van der Waals surface area contributed by atoms with Crippen LogP contribution in [0.25, 0.3) is 0 Å². The predicted octanol–water partition coefficient (Wildman–Crippen LogP) is 0.565. The molecule has 1 aliphatic carbocycles. The van der Waals surface area contributed by atoms with Gasteiger partial charge in [-0.3, -0.25) is 0 Å². The van der Waals surface area contributed by atoms with Gasteiger partial charge in [-0.1, -0.05) is 0 Å². The Morgan fingerprint density at radius 3 is 2.69 bits per heavy atom. The van der Waals surface area contributed by atoms with Gasteiger partial charge in [0.15, 0.2) is 5.11 Å². The molecule has 0 saturated heterocycles. The molecule has 0 unspecified atom stereocenters. The van der Waals surface area contributed by atoms with E-state index in [-0.39, 0.29) is 0 Å². The summed E-state index contributed by atoms with van der Waals surface area (Å²) in [4.78, 5) is 2.18. The fraction of sp³-hybridized carbons (Fsp3) is 0.889. The predicted molar refractivity (Wildman–Crippen MR) is 59.9 cm³/mol. The second kappa shape index (κ2) is 5.40. The van der Waals surface area contributed by atoms with Crippen molar-refractivity contribution in [3.8, 4) is 0 Å². The van der Waals surface area contributed by atoms with Crippen molar-refractivity contribution in [1.29, 1.82) is 0 Å². The minimum atomic E-state index is 0.661. The molecule has 3 nitrogen and oxygen atoms in total. The molecule has 76 valence electrons. The van der Waals surface area contributed by atoms with Gasteiger partial charge in [0.25, 0.3) is 0 Å². The first-order chi connectivity index (χ1) is 6.18. The maximum Gasteiger partial charge on any atom is 0.166 e. The van der Waals surface area contributed by atoms with Gasteiger partial charge in [0.05, 0.1) is 0 Å². The zero-order valence-corrected chi connectivity index (χ0v) is 9.28. The van der Waals surface area contributed by atoms with Crippen LogP contribution in [0.1, 0.15) is 19.3 Å². The highest BCUT2D eigenvalue weighted by Gasteiger charge is 2.21. The second-order valence-corrected chi connectivity index (χ2v) is 4.24. The normalized spacial score (nSPS) is 15.9. The third-order valence-electron chi connectivity index (χ3n) is 1.98. The molecular weight excluding hydrogens is 182 g/mol. The van der Waals surface area contributed by atoms with Crippen molar-refractivity contribution in [3.05, 3.63) is 0 Å². The first kappa shape index (κ1) is 10.7. The standard InChI is InChI=1S/C9H19N3S/c1-12(2)7-3-6-10-9(13)11-8-4-5-8/h8H,3-7H2,1-2H3,(H2,10,11,13). The zero-order chi connectivity index (χ0) is 9.68. The summed E-state index contributed by atoms with van der Waals surface area (Å²) in [5, 5.41) is 7.27. The minimum Gasteiger partial charge on any atom is -0.363 e. The van der Waals surface area contributed by atoms with Crippen LogP contribution in [0.2, 0.25) is 0 Å². The van der Waals surface area contributed by atoms with Gasteiger partial charge in [0.1, 0.15) is 0 Å². The van der Waals surface area contributed by atoms with Crippen LogP contribution in [0.3, 0.4) is 0 Å². The van der Waals surface area contributed by atoms with Crippen LogP contribution >= 0.6 is 12.2 Å². The Kier molecular flexibility index (Phi) is 4.45. The van der Waals surface area contributed by atoms with Gasteiger partial charge in [0, 0.05) is 12.6 Å². The number of rotatable bonds is 5. The van der Waals surface area contributed by atoms with Gasteiger partial charge in [-0.25, -0.2) is 0 Å². The summed E-state index contributed by atoms with van der Waals surface area (Å²) in [6.45, 7) is 2.08. The molecule has 13 heavy (non-hydrogen) atoms. The first-order valence-corrected chi connectivity index (χ1v) is 5.28. The lowest BCUT2D eigenvalue weighted by molar-refractivity contribution is 0.400. The Balaban J connectivity index is 1.89. The Morgan fingerprint density at radius 1 is 1.46 bits per heavy atom. The van der Waals surface area contributed by atoms with E-state index in [9.17, 15) is 0 Å². The van der Waals surface area contributed by atoms with Crippen molar-refractivity contribution in [2.24, 2.45) is 0 Å². The lowest BCUT2D eigenvalue weighted by Crippen LogP contribution is -2.37. The van der Waals surface area contributed by atoms with Crippen molar-refractivity contribution in [1.82, 2.24) is 15.5 Å². The maximum absolute atomic E-state index is 5.11. The molecule has 0 aromatic heterocycles. The number of nitrogens with zero attached hydrogens (tertiary/aromatic N) is 1. The maximum atomic E-state index is 5.11.